The van der Waals surface area contributed by atoms with Crippen LogP contribution in [0.1, 0.15) is 24.8 Å². The van der Waals surface area contributed by atoms with Crippen LogP contribution in [-0.2, 0) is 6.54 Å². The summed E-state index contributed by atoms with van der Waals surface area (Å²) in [7, 11) is 2.18. The predicted molar refractivity (Wildman–Crippen MR) is 77.5 cm³/mol. The molecule has 0 bridgehead atoms. The Balaban J connectivity index is 1.68. The van der Waals surface area contributed by atoms with E-state index in [-0.39, 0.29) is 0 Å². The highest BCUT2D eigenvalue weighted by Gasteiger charge is 2.11. The van der Waals surface area contributed by atoms with Crippen LogP contribution in [0.25, 0.3) is 0 Å². The second-order valence-corrected chi connectivity index (χ2v) is 5.34. The largest absolute Gasteiger partial charge is 0.398 e. The van der Waals surface area contributed by atoms with Gasteiger partial charge in [0.25, 0.3) is 0 Å². The molecular weight excluding hydrogens is 222 g/mol. The molecule has 3 nitrogen and oxygen atoms in total. The first-order valence-corrected chi connectivity index (χ1v) is 7.00. The second kappa shape index (κ2) is 6.76. The minimum Gasteiger partial charge on any atom is -0.398 e. The molecule has 2 N–H and O–H groups in total. The van der Waals surface area contributed by atoms with Crippen molar-refractivity contribution in [1.82, 2.24) is 9.80 Å². The highest BCUT2D eigenvalue weighted by atomic mass is 15.1. The zero-order chi connectivity index (χ0) is 12.8. The van der Waals surface area contributed by atoms with Crippen molar-refractivity contribution >= 4 is 5.69 Å². The highest BCUT2D eigenvalue weighted by Crippen LogP contribution is 2.13. The van der Waals surface area contributed by atoms with Gasteiger partial charge in [0.05, 0.1) is 0 Å². The van der Waals surface area contributed by atoms with Crippen molar-refractivity contribution in [2.75, 3.05) is 39.0 Å². The summed E-state index contributed by atoms with van der Waals surface area (Å²) in [4.78, 5) is 4.94. The molecule has 0 aliphatic carbocycles. The number of nitrogens with zero attached hydrogens (tertiary/aromatic N) is 2. The van der Waals surface area contributed by atoms with Crippen molar-refractivity contribution in [1.29, 1.82) is 0 Å². The number of hydrogen-bond donors (Lipinski definition) is 1. The number of anilines is 1. The zero-order valence-corrected chi connectivity index (χ0v) is 11.4. The standard InChI is InChI=1S/C15H25N3/c1-17(9-6-12-18-10-4-5-11-18)13-14-7-2-3-8-15(14)16/h2-3,7-8H,4-6,9-13,16H2,1H3. The minimum absolute atomic E-state index is 0.906. The summed E-state index contributed by atoms with van der Waals surface area (Å²) < 4.78 is 0. The van der Waals surface area contributed by atoms with Gasteiger partial charge >= 0.3 is 0 Å². The third-order valence-corrected chi connectivity index (χ3v) is 3.71. The zero-order valence-electron chi connectivity index (χ0n) is 11.4. The number of hydrogen-bond acceptors (Lipinski definition) is 3. The van der Waals surface area contributed by atoms with Crippen LogP contribution in [0.5, 0.6) is 0 Å². The Morgan fingerprint density at radius 3 is 2.67 bits per heavy atom. The maximum Gasteiger partial charge on any atom is 0.0359 e. The van der Waals surface area contributed by atoms with Gasteiger partial charge in [-0.3, -0.25) is 0 Å². The monoisotopic (exact) mass is 247 g/mol. The summed E-state index contributed by atoms with van der Waals surface area (Å²) in [6.07, 6.45) is 4.02. The van der Waals surface area contributed by atoms with Crippen LogP contribution in [0.3, 0.4) is 0 Å². The molecule has 100 valence electrons. The van der Waals surface area contributed by atoms with E-state index in [9.17, 15) is 0 Å². The van der Waals surface area contributed by atoms with E-state index in [4.69, 9.17) is 5.73 Å². The molecule has 0 amide bonds. The Labute approximate surface area is 111 Å². The van der Waals surface area contributed by atoms with Crippen molar-refractivity contribution in [3.63, 3.8) is 0 Å². The second-order valence-electron chi connectivity index (χ2n) is 5.34. The lowest BCUT2D eigenvalue weighted by molar-refractivity contribution is 0.275. The molecule has 1 heterocycles. The number of rotatable bonds is 6. The van der Waals surface area contributed by atoms with Crippen molar-refractivity contribution in [3.05, 3.63) is 29.8 Å². The lowest BCUT2D eigenvalue weighted by atomic mass is 10.1. The van der Waals surface area contributed by atoms with E-state index >= 15 is 0 Å². The molecular formula is C15H25N3. The van der Waals surface area contributed by atoms with E-state index < -0.39 is 0 Å². The Bertz CT molecular complexity index is 359. The van der Waals surface area contributed by atoms with E-state index in [2.05, 4.69) is 29.0 Å². The maximum atomic E-state index is 5.96. The van der Waals surface area contributed by atoms with E-state index in [1.165, 1.54) is 44.5 Å². The Kier molecular flexibility index (Phi) is 5.02. The molecule has 1 aromatic carbocycles. The fraction of sp³-hybridized carbons (Fsp3) is 0.600. The quantitative estimate of drug-likeness (QED) is 0.782. The molecule has 0 spiro atoms. The number of nitrogens with two attached hydrogens (primary N) is 1. The molecule has 18 heavy (non-hydrogen) atoms. The third kappa shape index (κ3) is 4.00. The summed E-state index contributed by atoms with van der Waals surface area (Å²) >= 11 is 0. The SMILES string of the molecule is CN(CCCN1CCCC1)Cc1ccccc1N. The molecule has 1 saturated heterocycles. The predicted octanol–water partition coefficient (Wildman–Crippen LogP) is 2.19. The summed E-state index contributed by atoms with van der Waals surface area (Å²) in [6.45, 7) is 5.94. The van der Waals surface area contributed by atoms with Crippen LogP contribution in [0, 0.1) is 0 Å². The smallest absolute Gasteiger partial charge is 0.0359 e. The van der Waals surface area contributed by atoms with Crippen LogP contribution in [0.4, 0.5) is 5.69 Å². The summed E-state index contributed by atoms with van der Waals surface area (Å²) in [5.41, 5.74) is 8.11. The first kappa shape index (κ1) is 13.4. The third-order valence-electron chi connectivity index (χ3n) is 3.71. The Morgan fingerprint density at radius 2 is 1.94 bits per heavy atom. The molecule has 0 unspecified atom stereocenters. The Morgan fingerprint density at radius 1 is 1.22 bits per heavy atom. The topological polar surface area (TPSA) is 32.5 Å². The van der Waals surface area contributed by atoms with Crippen LogP contribution in [0.2, 0.25) is 0 Å². The van der Waals surface area contributed by atoms with Crippen LogP contribution in [0.15, 0.2) is 24.3 Å². The lowest BCUT2D eigenvalue weighted by Crippen LogP contribution is -2.26. The summed E-state index contributed by atoms with van der Waals surface area (Å²) in [5, 5.41) is 0. The van der Waals surface area contributed by atoms with Gasteiger partial charge in [-0.15, -0.1) is 0 Å². The van der Waals surface area contributed by atoms with E-state index in [1.807, 2.05) is 12.1 Å². The van der Waals surface area contributed by atoms with Crippen molar-refractivity contribution in [3.8, 4) is 0 Å². The number of nitrogen functional groups attached to an aromatic ring is 1. The molecule has 0 atom stereocenters. The fourth-order valence-corrected chi connectivity index (χ4v) is 2.62. The summed E-state index contributed by atoms with van der Waals surface area (Å²) in [6, 6.07) is 8.15. The van der Waals surface area contributed by atoms with Gasteiger partial charge in [0, 0.05) is 12.2 Å². The van der Waals surface area contributed by atoms with Crippen LogP contribution < -0.4 is 5.73 Å². The van der Waals surface area contributed by atoms with Crippen LogP contribution in [-0.4, -0.2) is 43.0 Å². The molecule has 0 aromatic heterocycles. The average molecular weight is 247 g/mol. The van der Waals surface area contributed by atoms with Gasteiger partial charge < -0.3 is 15.5 Å². The molecule has 1 fully saturated rings. The molecule has 2 rings (SSSR count). The van der Waals surface area contributed by atoms with Gasteiger partial charge in [0.2, 0.25) is 0 Å². The van der Waals surface area contributed by atoms with Gasteiger partial charge in [0.1, 0.15) is 0 Å². The molecule has 1 aromatic rings. The molecule has 3 heteroatoms. The van der Waals surface area contributed by atoms with E-state index in [0.29, 0.717) is 0 Å². The summed E-state index contributed by atoms with van der Waals surface area (Å²) in [5.74, 6) is 0. The van der Waals surface area contributed by atoms with Gasteiger partial charge in [-0.05, 0) is 64.1 Å². The fourth-order valence-electron chi connectivity index (χ4n) is 2.62. The van der Waals surface area contributed by atoms with Gasteiger partial charge in [-0.2, -0.15) is 0 Å². The number of likely N-dealkylation sites (tertiary alicyclic amines) is 1. The Hall–Kier alpha value is -1.06. The van der Waals surface area contributed by atoms with Crippen molar-refractivity contribution < 1.29 is 0 Å². The number of benzene rings is 1. The van der Waals surface area contributed by atoms with E-state index in [1.54, 1.807) is 0 Å². The normalized spacial score (nSPS) is 16.6. The van der Waals surface area contributed by atoms with Crippen molar-refractivity contribution in [2.45, 2.75) is 25.8 Å². The van der Waals surface area contributed by atoms with E-state index in [0.717, 1.165) is 18.8 Å². The number of para-hydroxylation sites is 1. The molecule has 1 aliphatic rings. The maximum absolute atomic E-state index is 5.96. The minimum atomic E-state index is 0.906. The lowest BCUT2D eigenvalue weighted by Gasteiger charge is -2.20. The van der Waals surface area contributed by atoms with Gasteiger partial charge in [0.15, 0.2) is 0 Å². The van der Waals surface area contributed by atoms with Gasteiger partial charge in [-0.1, -0.05) is 18.2 Å². The molecule has 0 radical (unpaired) electrons. The first-order chi connectivity index (χ1) is 8.75. The molecule has 0 saturated carbocycles. The average Bonchev–Trinajstić information content (AvgIpc) is 2.85. The van der Waals surface area contributed by atoms with Crippen LogP contribution >= 0.6 is 0 Å². The highest BCUT2D eigenvalue weighted by molar-refractivity contribution is 5.46. The van der Waals surface area contributed by atoms with Gasteiger partial charge in [-0.25, -0.2) is 0 Å². The first-order valence-electron chi connectivity index (χ1n) is 7.00. The van der Waals surface area contributed by atoms with Crippen molar-refractivity contribution in [2.24, 2.45) is 0 Å². The molecule has 1 aliphatic heterocycles.